The third-order valence-corrected chi connectivity index (χ3v) is 2.97. The normalized spacial score (nSPS) is 18.1. The van der Waals surface area contributed by atoms with E-state index in [1.54, 1.807) is 11.9 Å². The van der Waals surface area contributed by atoms with E-state index in [1.807, 2.05) is 30.3 Å². The molecule has 1 aliphatic heterocycles. The highest BCUT2D eigenvalue weighted by atomic mass is 16.6. The van der Waals surface area contributed by atoms with Gasteiger partial charge in [0.1, 0.15) is 6.10 Å². The number of cyclic esters (lactones) is 1. The van der Waals surface area contributed by atoms with Crippen molar-refractivity contribution < 1.29 is 14.3 Å². The van der Waals surface area contributed by atoms with Gasteiger partial charge < -0.3 is 9.64 Å². The Bertz CT molecular complexity index is 487. The van der Waals surface area contributed by atoms with Crippen molar-refractivity contribution in [2.24, 2.45) is 0 Å². The summed E-state index contributed by atoms with van der Waals surface area (Å²) in [6, 6.07) is 9.32. The molecule has 1 atom stereocenters. The Labute approximate surface area is 112 Å². The second-order valence-corrected chi connectivity index (χ2v) is 4.37. The predicted molar refractivity (Wildman–Crippen MR) is 71.9 cm³/mol. The summed E-state index contributed by atoms with van der Waals surface area (Å²) in [6.45, 7) is 4.23. The number of nitrogens with zero attached hydrogens (tertiary/aromatic N) is 2. The molecule has 1 aromatic rings. The number of ether oxygens (including phenoxy) is 1. The molecule has 1 unspecified atom stereocenters. The van der Waals surface area contributed by atoms with Gasteiger partial charge in [-0.3, -0.25) is 9.69 Å². The molecule has 100 valence electrons. The van der Waals surface area contributed by atoms with Gasteiger partial charge in [0, 0.05) is 12.7 Å². The minimum atomic E-state index is -0.379. The van der Waals surface area contributed by atoms with Crippen LogP contribution in [-0.2, 0) is 9.53 Å². The summed E-state index contributed by atoms with van der Waals surface area (Å²) in [5.74, 6) is -0.186. The second-order valence-electron chi connectivity index (χ2n) is 4.37. The highest BCUT2D eigenvalue weighted by Gasteiger charge is 2.33. The van der Waals surface area contributed by atoms with Crippen LogP contribution in [0.4, 0.5) is 10.5 Å². The van der Waals surface area contributed by atoms with Crippen LogP contribution in [-0.4, -0.2) is 43.1 Å². The van der Waals surface area contributed by atoms with E-state index in [9.17, 15) is 9.59 Å². The zero-order chi connectivity index (χ0) is 13.8. The first kappa shape index (κ1) is 13.1. The summed E-state index contributed by atoms with van der Waals surface area (Å²) >= 11 is 0. The first-order chi connectivity index (χ1) is 9.11. The maximum absolute atomic E-state index is 11.8. The molecule has 1 fully saturated rings. The SMILES string of the molecule is C=CC(=O)N(C)CC1CN(c2ccccc2)C(=O)O1. The number of rotatable bonds is 4. The molecule has 1 aliphatic rings. The number of carbonyl (C=O) groups is 2. The molecule has 0 bridgehead atoms. The van der Waals surface area contributed by atoms with Crippen molar-refractivity contribution in [2.45, 2.75) is 6.10 Å². The molecular weight excluding hydrogens is 244 g/mol. The Balaban J connectivity index is 2.00. The molecule has 19 heavy (non-hydrogen) atoms. The van der Waals surface area contributed by atoms with Gasteiger partial charge >= 0.3 is 6.09 Å². The minimum absolute atomic E-state index is 0.186. The molecule has 2 amide bonds. The van der Waals surface area contributed by atoms with Crippen LogP contribution in [0.3, 0.4) is 0 Å². The first-order valence-corrected chi connectivity index (χ1v) is 6.02. The van der Waals surface area contributed by atoms with E-state index in [2.05, 4.69) is 6.58 Å². The van der Waals surface area contributed by atoms with Gasteiger partial charge in [-0.25, -0.2) is 4.79 Å². The fraction of sp³-hybridized carbons (Fsp3) is 0.286. The van der Waals surface area contributed by atoms with Crippen molar-refractivity contribution in [3.63, 3.8) is 0 Å². The monoisotopic (exact) mass is 260 g/mol. The molecule has 5 heteroatoms. The van der Waals surface area contributed by atoms with Crippen LogP contribution >= 0.6 is 0 Å². The van der Waals surface area contributed by atoms with E-state index in [0.29, 0.717) is 13.1 Å². The van der Waals surface area contributed by atoms with Gasteiger partial charge in [0.15, 0.2) is 0 Å². The van der Waals surface area contributed by atoms with Crippen molar-refractivity contribution in [2.75, 3.05) is 25.0 Å². The Kier molecular flexibility index (Phi) is 3.85. The smallest absolute Gasteiger partial charge is 0.414 e. The van der Waals surface area contributed by atoms with Crippen LogP contribution < -0.4 is 4.90 Å². The van der Waals surface area contributed by atoms with Crippen LogP contribution in [0.1, 0.15) is 0 Å². The number of anilines is 1. The van der Waals surface area contributed by atoms with Gasteiger partial charge in [0.25, 0.3) is 0 Å². The predicted octanol–water partition coefficient (Wildman–Crippen LogP) is 1.66. The molecule has 0 aliphatic carbocycles. The Hall–Kier alpha value is -2.30. The van der Waals surface area contributed by atoms with Gasteiger partial charge in [-0.15, -0.1) is 0 Å². The standard InChI is InChI=1S/C14H16N2O3/c1-3-13(17)15(2)9-12-10-16(14(18)19-12)11-7-5-4-6-8-11/h3-8,12H,1,9-10H2,2H3. The maximum Gasteiger partial charge on any atom is 0.414 e. The van der Waals surface area contributed by atoms with Crippen LogP contribution in [0.25, 0.3) is 0 Å². The van der Waals surface area contributed by atoms with E-state index < -0.39 is 0 Å². The van der Waals surface area contributed by atoms with E-state index in [1.165, 1.54) is 11.0 Å². The Morgan fingerprint density at radius 3 is 2.84 bits per heavy atom. The third-order valence-electron chi connectivity index (χ3n) is 2.97. The van der Waals surface area contributed by atoms with Gasteiger partial charge in [-0.05, 0) is 18.2 Å². The molecule has 0 aromatic heterocycles. The van der Waals surface area contributed by atoms with E-state index in [4.69, 9.17) is 4.74 Å². The summed E-state index contributed by atoms with van der Waals surface area (Å²) in [7, 11) is 1.66. The number of carbonyl (C=O) groups excluding carboxylic acids is 2. The quantitative estimate of drug-likeness (QED) is 0.773. The number of amides is 2. The highest BCUT2D eigenvalue weighted by Crippen LogP contribution is 2.21. The highest BCUT2D eigenvalue weighted by molar-refractivity contribution is 5.90. The average Bonchev–Trinajstić information content (AvgIpc) is 2.79. The fourth-order valence-corrected chi connectivity index (χ4v) is 1.99. The number of hydrogen-bond acceptors (Lipinski definition) is 3. The van der Waals surface area contributed by atoms with Crippen molar-refractivity contribution in [3.05, 3.63) is 43.0 Å². The van der Waals surface area contributed by atoms with Crippen molar-refractivity contribution in [1.82, 2.24) is 4.90 Å². The molecule has 5 nitrogen and oxygen atoms in total. The van der Waals surface area contributed by atoms with Crippen LogP contribution in [0.5, 0.6) is 0 Å². The summed E-state index contributed by atoms with van der Waals surface area (Å²) in [6.07, 6.45) is 0.545. The molecule has 0 N–H and O–H groups in total. The maximum atomic E-state index is 11.8. The van der Waals surface area contributed by atoms with Gasteiger partial charge in [0.2, 0.25) is 5.91 Å². The second kappa shape index (κ2) is 5.56. The summed E-state index contributed by atoms with van der Waals surface area (Å²) in [5, 5.41) is 0. The lowest BCUT2D eigenvalue weighted by atomic mass is 10.2. The fourth-order valence-electron chi connectivity index (χ4n) is 1.99. The molecule has 0 radical (unpaired) electrons. The molecular formula is C14H16N2O3. The average molecular weight is 260 g/mol. The molecule has 0 spiro atoms. The molecule has 2 rings (SSSR count). The van der Waals surface area contributed by atoms with E-state index in [0.717, 1.165) is 5.69 Å². The summed E-state index contributed by atoms with van der Waals surface area (Å²) in [4.78, 5) is 26.2. The molecule has 1 saturated heterocycles. The Morgan fingerprint density at radius 1 is 1.53 bits per heavy atom. The van der Waals surface area contributed by atoms with Crippen molar-refractivity contribution in [1.29, 1.82) is 0 Å². The number of para-hydroxylation sites is 1. The largest absolute Gasteiger partial charge is 0.442 e. The minimum Gasteiger partial charge on any atom is -0.442 e. The topological polar surface area (TPSA) is 49.9 Å². The zero-order valence-electron chi connectivity index (χ0n) is 10.8. The van der Waals surface area contributed by atoms with Crippen LogP contribution in [0, 0.1) is 0 Å². The third kappa shape index (κ3) is 2.93. The van der Waals surface area contributed by atoms with Gasteiger partial charge in [-0.1, -0.05) is 24.8 Å². The number of likely N-dealkylation sites (N-methyl/N-ethyl adjacent to an activating group) is 1. The lowest BCUT2D eigenvalue weighted by Crippen LogP contribution is -2.35. The lowest BCUT2D eigenvalue weighted by molar-refractivity contribution is -0.125. The van der Waals surface area contributed by atoms with E-state index >= 15 is 0 Å². The van der Waals surface area contributed by atoms with E-state index in [-0.39, 0.29) is 18.1 Å². The summed E-state index contributed by atoms with van der Waals surface area (Å²) in [5.41, 5.74) is 0.799. The molecule has 0 saturated carbocycles. The van der Waals surface area contributed by atoms with Crippen LogP contribution in [0.2, 0.25) is 0 Å². The van der Waals surface area contributed by atoms with Crippen molar-refractivity contribution in [3.8, 4) is 0 Å². The molecule has 1 aromatic carbocycles. The number of hydrogen-bond donors (Lipinski definition) is 0. The number of benzene rings is 1. The van der Waals surface area contributed by atoms with Gasteiger partial charge in [-0.2, -0.15) is 0 Å². The molecule has 1 heterocycles. The lowest BCUT2D eigenvalue weighted by Gasteiger charge is -2.18. The zero-order valence-corrected chi connectivity index (χ0v) is 10.8. The van der Waals surface area contributed by atoms with Gasteiger partial charge in [0.05, 0.1) is 13.1 Å². The Morgan fingerprint density at radius 2 is 2.21 bits per heavy atom. The summed E-state index contributed by atoms with van der Waals surface area (Å²) < 4.78 is 5.25. The first-order valence-electron chi connectivity index (χ1n) is 6.02. The van der Waals surface area contributed by atoms with Crippen LogP contribution in [0.15, 0.2) is 43.0 Å². The van der Waals surface area contributed by atoms with Crippen molar-refractivity contribution >= 4 is 17.7 Å².